The van der Waals surface area contributed by atoms with E-state index in [-0.39, 0.29) is 0 Å². The van der Waals surface area contributed by atoms with Crippen molar-refractivity contribution in [1.29, 1.82) is 0 Å². The molecule has 5 rings (SSSR count). The molecule has 0 spiro atoms. The Morgan fingerprint density at radius 3 is 2.19 bits per heavy atom. The first-order valence-electron chi connectivity index (χ1n) is 9.24. The molecule has 27 heavy (non-hydrogen) atoms. The quantitative estimate of drug-likeness (QED) is 0.335. The molecule has 0 aliphatic carbocycles. The lowest BCUT2D eigenvalue weighted by Crippen LogP contribution is -1.91. The fourth-order valence-electron chi connectivity index (χ4n) is 3.79. The van der Waals surface area contributed by atoms with Crippen LogP contribution >= 0.6 is 0 Å². The molecule has 0 aliphatic heterocycles. The average Bonchev–Trinajstić information content (AvgIpc) is 2.72. The Labute approximate surface area is 158 Å². The Balaban J connectivity index is 1.70. The molecule has 1 heteroatoms. The monoisotopic (exact) mass is 345 g/mol. The van der Waals surface area contributed by atoms with Crippen LogP contribution in [0.1, 0.15) is 5.69 Å². The van der Waals surface area contributed by atoms with E-state index in [9.17, 15) is 0 Å². The summed E-state index contributed by atoms with van der Waals surface area (Å²) in [7, 11) is 0. The van der Waals surface area contributed by atoms with Gasteiger partial charge in [-0.1, -0.05) is 78.9 Å². The van der Waals surface area contributed by atoms with Crippen LogP contribution in [0.4, 0.5) is 0 Å². The Morgan fingerprint density at radius 1 is 0.556 bits per heavy atom. The molecular weight excluding hydrogens is 326 g/mol. The molecule has 1 nitrogen and oxygen atoms in total. The number of fused-ring (bicyclic) bond motifs is 2. The minimum Gasteiger partial charge on any atom is -0.253 e. The lowest BCUT2D eigenvalue weighted by atomic mass is 9.97. The largest absolute Gasteiger partial charge is 0.253 e. The zero-order valence-corrected chi connectivity index (χ0v) is 15.2. The lowest BCUT2D eigenvalue weighted by Gasteiger charge is -2.11. The number of pyridine rings is 1. The first-order valence-corrected chi connectivity index (χ1v) is 9.24. The molecule has 128 valence electrons. The number of hydrogen-bond donors (Lipinski definition) is 0. The fraction of sp³-hybridized carbons (Fsp3) is 0.0385. The standard InChI is InChI=1S/C26H19N/c1-18-15-23(22-14-13-19-7-2-3-9-21(19)16-22)17-26(27-18)25-12-6-10-20-8-4-5-11-24(20)25/h2-17H,1H3. The van der Waals surface area contributed by atoms with Crippen molar-refractivity contribution in [1.82, 2.24) is 4.98 Å². The Morgan fingerprint density at radius 2 is 1.30 bits per heavy atom. The maximum atomic E-state index is 4.84. The van der Waals surface area contributed by atoms with Crippen molar-refractivity contribution in [2.24, 2.45) is 0 Å². The van der Waals surface area contributed by atoms with Crippen LogP contribution in [0, 0.1) is 6.92 Å². The summed E-state index contributed by atoms with van der Waals surface area (Å²) in [6.45, 7) is 2.07. The molecule has 0 N–H and O–H groups in total. The van der Waals surface area contributed by atoms with Gasteiger partial charge in [0.1, 0.15) is 0 Å². The maximum absolute atomic E-state index is 4.84. The predicted molar refractivity (Wildman–Crippen MR) is 115 cm³/mol. The summed E-state index contributed by atoms with van der Waals surface area (Å²) in [5.41, 5.74) is 5.66. The molecule has 0 unspecified atom stereocenters. The van der Waals surface area contributed by atoms with Crippen molar-refractivity contribution in [3.8, 4) is 22.4 Å². The highest BCUT2D eigenvalue weighted by atomic mass is 14.7. The lowest BCUT2D eigenvalue weighted by molar-refractivity contribution is 1.21. The highest BCUT2D eigenvalue weighted by Gasteiger charge is 2.09. The fourth-order valence-corrected chi connectivity index (χ4v) is 3.79. The van der Waals surface area contributed by atoms with Crippen molar-refractivity contribution >= 4 is 21.5 Å². The first-order chi connectivity index (χ1) is 13.3. The van der Waals surface area contributed by atoms with Crippen LogP contribution in [0.2, 0.25) is 0 Å². The van der Waals surface area contributed by atoms with Crippen LogP contribution < -0.4 is 0 Å². The van der Waals surface area contributed by atoms with E-state index < -0.39 is 0 Å². The van der Waals surface area contributed by atoms with Gasteiger partial charge in [0.25, 0.3) is 0 Å². The number of nitrogens with zero attached hydrogens (tertiary/aromatic N) is 1. The van der Waals surface area contributed by atoms with Gasteiger partial charge in [-0.05, 0) is 57.8 Å². The zero-order valence-electron chi connectivity index (χ0n) is 15.2. The third-order valence-electron chi connectivity index (χ3n) is 5.10. The minimum absolute atomic E-state index is 1.02. The molecular formula is C26H19N. The normalized spacial score (nSPS) is 11.1. The SMILES string of the molecule is Cc1cc(-c2ccc3ccccc3c2)cc(-c2cccc3ccccc23)n1. The number of hydrogen-bond acceptors (Lipinski definition) is 1. The van der Waals surface area contributed by atoms with Crippen molar-refractivity contribution in [3.05, 3.63) is 103 Å². The average molecular weight is 345 g/mol. The summed E-state index contributed by atoms with van der Waals surface area (Å²) in [6, 6.07) is 34.4. The van der Waals surface area contributed by atoms with Crippen molar-refractivity contribution in [3.63, 3.8) is 0 Å². The predicted octanol–water partition coefficient (Wildman–Crippen LogP) is 7.03. The molecule has 4 aromatic carbocycles. The number of benzene rings is 4. The van der Waals surface area contributed by atoms with Gasteiger partial charge < -0.3 is 0 Å². The van der Waals surface area contributed by atoms with E-state index in [0.29, 0.717) is 0 Å². The highest BCUT2D eigenvalue weighted by Crippen LogP contribution is 2.32. The van der Waals surface area contributed by atoms with E-state index in [1.807, 2.05) is 0 Å². The van der Waals surface area contributed by atoms with Crippen molar-refractivity contribution in [2.75, 3.05) is 0 Å². The minimum atomic E-state index is 1.02. The van der Waals surface area contributed by atoms with Crippen LogP contribution in [0.15, 0.2) is 97.1 Å². The molecule has 5 aromatic rings. The summed E-state index contributed by atoms with van der Waals surface area (Å²) in [4.78, 5) is 4.84. The van der Waals surface area contributed by atoms with Gasteiger partial charge in [-0.25, -0.2) is 0 Å². The van der Waals surface area contributed by atoms with Crippen molar-refractivity contribution < 1.29 is 0 Å². The topological polar surface area (TPSA) is 12.9 Å². The van der Waals surface area contributed by atoms with Crippen LogP contribution in [0.3, 0.4) is 0 Å². The van der Waals surface area contributed by atoms with E-state index in [1.165, 1.54) is 38.2 Å². The van der Waals surface area contributed by atoms with Gasteiger partial charge in [0.05, 0.1) is 5.69 Å². The van der Waals surface area contributed by atoms with Crippen LogP contribution in [0.25, 0.3) is 43.9 Å². The molecule has 0 atom stereocenters. The second kappa shape index (κ2) is 6.37. The third-order valence-corrected chi connectivity index (χ3v) is 5.10. The first kappa shape index (κ1) is 15.8. The molecule has 1 aromatic heterocycles. The summed E-state index contributed by atoms with van der Waals surface area (Å²) >= 11 is 0. The second-order valence-electron chi connectivity index (χ2n) is 6.97. The Kier molecular flexibility index (Phi) is 3.72. The smallest absolute Gasteiger partial charge is 0.0717 e. The number of aromatic nitrogens is 1. The van der Waals surface area contributed by atoms with E-state index in [2.05, 4.69) is 104 Å². The zero-order chi connectivity index (χ0) is 18.2. The summed E-state index contributed by atoms with van der Waals surface area (Å²) in [5.74, 6) is 0. The van der Waals surface area contributed by atoms with E-state index in [0.717, 1.165) is 11.4 Å². The van der Waals surface area contributed by atoms with Gasteiger partial charge in [0.2, 0.25) is 0 Å². The van der Waals surface area contributed by atoms with E-state index in [4.69, 9.17) is 4.98 Å². The highest BCUT2D eigenvalue weighted by molar-refractivity contribution is 5.96. The van der Waals surface area contributed by atoms with Crippen LogP contribution in [-0.4, -0.2) is 4.98 Å². The summed E-state index contributed by atoms with van der Waals surface area (Å²) < 4.78 is 0. The van der Waals surface area contributed by atoms with Gasteiger partial charge in [-0.15, -0.1) is 0 Å². The summed E-state index contributed by atoms with van der Waals surface area (Å²) in [6.07, 6.45) is 0. The van der Waals surface area contributed by atoms with Gasteiger partial charge in [0, 0.05) is 11.3 Å². The van der Waals surface area contributed by atoms with Crippen LogP contribution in [0.5, 0.6) is 0 Å². The maximum Gasteiger partial charge on any atom is 0.0717 e. The van der Waals surface area contributed by atoms with E-state index >= 15 is 0 Å². The Bertz CT molecular complexity index is 1280. The molecule has 0 amide bonds. The molecule has 0 aliphatic rings. The molecule has 0 radical (unpaired) electrons. The second-order valence-corrected chi connectivity index (χ2v) is 6.97. The number of aryl methyl sites for hydroxylation is 1. The van der Waals surface area contributed by atoms with E-state index in [1.54, 1.807) is 0 Å². The molecule has 0 fully saturated rings. The van der Waals surface area contributed by atoms with Gasteiger partial charge >= 0.3 is 0 Å². The molecule has 1 heterocycles. The van der Waals surface area contributed by atoms with Gasteiger partial charge in [0.15, 0.2) is 0 Å². The Hall–Kier alpha value is -3.45. The van der Waals surface area contributed by atoms with Crippen molar-refractivity contribution in [2.45, 2.75) is 6.92 Å². The van der Waals surface area contributed by atoms with Crippen LogP contribution in [-0.2, 0) is 0 Å². The summed E-state index contributed by atoms with van der Waals surface area (Å²) in [5, 5.41) is 5.01. The molecule has 0 saturated heterocycles. The molecule has 0 saturated carbocycles. The van der Waals surface area contributed by atoms with Gasteiger partial charge in [-0.2, -0.15) is 0 Å². The molecule has 0 bridgehead atoms. The number of rotatable bonds is 2. The van der Waals surface area contributed by atoms with Gasteiger partial charge in [-0.3, -0.25) is 4.98 Å². The third kappa shape index (κ3) is 2.88.